The van der Waals surface area contributed by atoms with Crippen LogP contribution in [0.15, 0.2) is 0 Å². The Hall–Kier alpha value is -0.0800. The topological polar surface area (TPSA) is 23.5 Å². The Bertz CT molecular complexity index is 154. The smallest absolute Gasteiger partial charge is 0.0471 e. The largest absolute Gasteiger partial charge is 0.396 e. The third-order valence-electron chi connectivity index (χ3n) is 3.65. The molecule has 0 unspecified atom stereocenters. The molecule has 0 radical (unpaired) electrons. The quantitative estimate of drug-likeness (QED) is 0.703. The second-order valence-electron chi connectivity index (χ2n) is 4.62. The van der Waals surface area contributed by atoms with Gasteiger partial charge in [0.15, 0.2) is 0 Å². The van der Waals surface area contributed by atoms with Gasteiger partial charge in [0.2, 0.25) is 0 Å². The molecule has 0 aromatic heterocycles. The summed E-state index contributed by atoms with van der Waals surface area (Å²) in [6.07, 6.45) is 8.17. The molecule has 1 aliphatic heterocycles. The Morgan fingerprint density at radius 3 is 2.54 bits per heavy atom. The molecule has 2 aliphatic rings. The van der Waals surface area contributed by atoms with E-state index in [0.717, 1.165) is 12.6 Å². The summed E-state index contributed by atoms with van der Waals surface area (Å²) < 4.78 is 0. The van der Waals surface area contributed by atoms with Crippen LogP contribution in [0.5, 0.6) is 0 Å². The fraction of sp³-hybridized carbons (Fsp3) is 1.00. The summed E-state index contributed by atoms with van der Waals surface area (Å²) >= 11 is 0. The van der Waals surface area contributed by atoms with E-state index in [1.165, 1.54) is 45.1 Å². The molecule has 1 aliphatic carbocycles. The molecule has 13 heavy (non-hydrogen) atoms. The van der Waals surface area contributed by atoms with Gasteiger partial charge in [-0.15, -0.1) is 0 Å². The van der Waals surface area contributed by atoms with Gasteiger partial charge >= 0.3 is 0 Å². The Kier molecular flexibility index (Phi) is 3.23. The maximum Gasteiger partial charge on any atom is 0.0471 e. The number of hydrogen-bond acceptors (Lipinski definition) is 2. The first-order chi connectivity index (χ1) is 6.40. The van der Waals surface area contributed by atoms with Crippen molar-refractivity contribution in [3.63, 3.8) is 0 Å². The first kappa shape index (κ1) is 9.47. The van der Waals surface area contributed by atoms with Gasteiger partial charge in [-0.25, -0.2) is 0 Å². The van der Waals surface area contributed by atoms with Crippen LogP contribution in [-0.4, -0.2) is 35.7 Å². The molecule has 1 atom stereocenters. The number of aliphatic hydroxyl groups is 1. The second-order valence-corrected chi connectivity index (χ2v) is 4.62. The normalized spacial score (nSPS) is 32.5. The van der Waals surface area contributed by atoms with Crippen LogP contribution in [0.3, 0.4) is 0 Å². The van der Waals surface area contributed by atoms with E-state index >= 15 is 0 Å². The zero-order valence-electron chi connectivity index (χ0n) is 8.41. The van der Waals surface area contributed by atoms with Crippen molar-refractivity contribution in [2.75, 3.05) is 19.7 Å². The summed E-state index contributed by atoms with van der Waals surface area (Å²) in [7, 11) is 0. The molecule has 2 fully saturated rings. The third kappa shape index (κ3) is 2.23. The zero-order valence-corrected chi connectivity index (χ0v) is 8.41. The monoisotopic (exact) mass is 183 g/mol. The van der Waals surface area contributed by atoms with Crippen molar-refractivity contribution in [1.29, 1.82) is 0 Å². The molecule has 0 spiro atoms. The van der Waals surface area contributed by atoms with Gasteiger partial charge in [0, 0.05) is 19.2 Å². The summed E-state index contributed by atoms with van der Waals surface area (Å²) in [5.41, 5.74) is 0. The highest BCUT2D eigenvalue weighted by Crippen LogP contribution is 2.27. The van der Waals surface area contributed by atoms with Gasteiger partial charge in [0.1, 0.15) is 0 Å². The van der Waals surface area contributed by atoms with Gasteiger partial charge in [-0.3, -0.25) is 0 Å². The maximum atomic E-state index is 9.12. The lowest BCUT2D eigenvalue weighted by Gasteiger charge is -2.36. The summed E-state index contributed by atoms with van der Waals surface area (Å²) in [5.74, 6) is 0.564. The van der Waals surface area contributed by atoms with Crippen molar-refractivity contribution >= 4 is 0 Å². The lowest BCUT2D eigenvalue weighted by atomic mass is 9.97. The minimum absolute atomic E-state index is 0.392. The van der Waals surface area contributed by atoms with Crippen LogP contribution >= 0.6 is 0 Å². The average Bonchev–Trinajstić information content (AvgIpc) is 2.71. The number of nitrogens with zero attached hydrogens (tertiary/aromatic N) is 1. The van der Waals surface area contributed by atoms with E-state index in [0.29, 0.717) is 12.5 Å². The van der Waals surface area contributed by atoms with Crippen LogP contribution < -0.4 is 0 Å². The number of likely N-dealkylation sites (tertiary alicyclic amines) is 1. The van der Waals surface area contributed by atoms with E-state index in [-0.39, 0.29) is 0 Å². The summed E-state index contributed by atoms with van der Waals surface area (Å²) in [6, 6.07) is 0.856. The number of hydrogen-bond donors (Lipinski definition) is 1. The molecule has 0 amide bonds. The molecule has 2 rings (SSSR count). The predicted molar refractivity (Wildman–Crippen MR) is 53.6 cm³/mol. The Labute approximate surface area is 80.9 Å². The Balaban J connectivity index is 1.84. The molecule has 0 bridgehead atoms. The third-order valence-corrected chi connectivity index (χ3v) is 3.65. The van der Waals surface area contributed by atoms with Crippen LogP contribution in [-0.2, 0) is 0 Å². The van der Waals surface area contributed by atoms with Gasteiger partial charge in [0.05, 0.1) is 0 Å². The van der Waals surface area contributed by atoms with Crippen LogP contribution in [0.2, 0.25) is 0 Å². The maximum absolute atomic E-state index is 9.12. The molecule has 1 N–H and O–H groups in total. The molecule has 2 heteroatoms. The Morgan fingerprint density at radius 1 is 1.08 bits per heavy atom. The molecule has 1 saturated carbocycles. The molecular weight excluding hydrogens is 162 g/mol. The summed E-state index contributed by atoms with van der Waals surface area (Å²) in [5, 5.41) is 9.12. The van der Waals surface area contributed by atoms with Gasteiger partial charge < -0.3 is 10.0 Å². The molecule has 1 heterocycles. The second kappa shape index (κ2) is 4.43. The van der Waals surface area contributed by atoms with E-state index in [1.54, 1.807) is 0 Å². The molecule has 0 aromatic rings. The van der Waals surface area contributed by atoms with Crippen molar-refractivity contribution in [3.8, 4) is 0 Å². The minimum Gasteiger partial charge on any atom is -0.396 e. The molecule has 2 nitrogen and oxygen atoms in total. The predicted octanol–water partition coefficient (Wildman–Crippen LogP) is 1.63. The van der Waals surface area contributed by atoms with Crippen molar-refractivity contribution in [1.82, 2.24) is 4.90 Å². The van der Waals surface area contributed by atoms with Crippen molar-refractivity contribution in [2.45, 2.75) is 44.6 Å². The van der Waals surface area contributed by atoms with E-state index in [1.807, 2.05) is 0 Å². The van der Waals surface area contributed by atoms with Crippen LogP contribution in [0.1, 0.15) is 38.5 Å². The van der Waals surface area contributed by atoms with E-state index < -0.39 is 0 Å². The fourth-order valence-corrected chi connectivity index (χ4v) is 2.85. The molecule has 0 aromatic carbocycles. The lowest BCUT2D eigenvalue weighted by Crippen LogP contribution is -2.42. The highest BCUT2D eigenvalue weighted by Gasteiger charge is 2.27. The van der Waals surface area contributed by atoms with E-state index in [4.69, 9.17) is 5.11 Å². The van der Waals surface area contributed by atoms with Crippen LogP contribution in [0, 0.1) is 5.92 Å². The summed E-state index contributed by atoms with van der Waals surface area (Å²) in [6.45, 7) is 2.82. The highest BCUT2D eigenvalue weighted by atomic mass is 16.3. The first-order valence-electron chi connectivity index (χ1n) is 5.75. The van der Waals surface area contributed by atoms with Gasteiger partial charge in [-0.2, -0.15) is 0 Å². The van der Waals surface area contributed by atoms with Crippen LogP contribution in [0.4, 0.5) is 0 Å². The molecule has 76 valence electrons. The molecular formula is C11H21NO. The SMILES string of the molecule is OC[C@H]1CCCN(C2CCCC2)C1. The van der Waals surface area contributed by atoms with Gasteiger partial charge in [0.25, 0.3) is 0 Å². The average molecular weight is 183 g/mol. The van der Waals surface area contributed by atoms with Crippen molar-refractivity contribution in [2.24, 2.45) is 5.92 Å². The Morgan fingerprint density at radius 2 is 1.85 bits per heavy atom. The van der Waals surface area contributed by atoms with Crippen molar-refractivity contribution < 1.29 is 5.11 Å². The molecule has 1 saturated heterocycles. The number of rotatable bonds is 2. The van der Waals surface area contributed by atoms with Gasteiger partial charge in [-0.1, -0.05) is 12.8 Å². The zero-order chi connectivity index (χ0) is 9.10. The standard InChI is InChI=1S/C11H21NO/c13-9-10-4-3-7-12(8-10)11-5-1-2-6-11/h10-11,13H,1-9H2/t10-/m0/s1. The van der Waals surface area contributed by atoms with E-state index in [9.17, 15) is 0 Å². The minimum atomic E-state index is 0.392. The van der Waals surface area contributed by atoms with Crippen molar-refractivity contribution in [3.05, 3.63) is 0 Å². The highest BCUT2D eigenvalue weighted by molar-refractivity contribution is 4.82. The number of aliphatic hydroxyl groups excluding tert-OH is 1. The summed E-state index contributed by atoms with van der Waals surface area (Å²) in [4.78, 5) is 2.62. The fourth-order valence-electron chi connectivity index (χ4n) is 2.85. The lowest BCUT2D eigenvalue weighted by molar-refractivity contribution is 0.0897. The van der Waals surface area contributed by atoms with Gasteiger partial charge in [-0.05, 0) is 38.1 Å². The van der Waals surface area contributed by atoms with Crippen LogP contribution in [0.25, 0.3) is 0 Å². The first-order valence-corrected chi connectivity index (χ1v) is 5.75. The number of piperidine rings is 1. The van der Waals surface area contributed by atoms with E-state index in [2.05, 4.69) is 4.90 Å².